The molecule has 1 rings (SSSR count). The molecule has 0 atom stereocenters. The summed E-state index contributed by atoms with van der Waals surface area (Å²) in [5.41, 5.74) is 0. The molecule has 0 spiro atoms. The molecule has 0 aliphatic rings. The lowest BCUT2D eigenvalue weighted by molar-refractivity contribution is 0.626. The molecule has 0 fully saturated rings. The minimum Gasteiger partial charge on any atom is -0.412 e. The average Bonchev–Trinajstić information content (AvgIpc) is 2.10. The zero-order valence-corrected chi connectivity index (χ0v) is 8.91. The summed E-state index contributed by atoms with van der Waals surface area (Å²) in [6, 6.07) is 6.46. The Morgan fingerprint density at radius 1 is 1.00 bits per heavy atom. The van der Waals surface area contributed by atoms with Crippen LogP contribution in [-0.4, -0.2) is 17.2 Å². The van der Waals surface area contributed by atoms with Crippen LogP contribution in [0.4, 0.5) is 4.39 Å². The van der Waals surface area contributed by atoms with Crippen LogP contribution in [0.1, 0.15) is 13.8 Å². The van der Waals surface area contributed by atoms with Crippen molar-refractivity contribution in [2.24, 2.45) is 0 Å². The van der Waals surface area contributed by atoms with E-state index in [1.165, 1.54) is 12.1 Å². The third-order valence-corrected chi connectivity index (χ3v) is 1.79. The molecule has 0 saturated carbocycles. The second-order valence-corrected chi connectivity index (χ2v) is 2.54. The Labute approximate surface area is 82.8 Å². The van der Waals surface area contributed by atoms with Gasteiger partial charge < -0.3 is 11.0 Å². The van der Waals surface area contributed by atoms with Crippen molar-refractivity contribution < 1.29 is 15.3 Å². The van der Waals surface area contributed by atoms with Crippen LogP contribution in [0.5, 0.6) is 0 Å². The van der Waals surface area contributed by atoms with Crippen molar-refractivity contribution in [3.63, 3.8) is 0 Å². The zero-order valence-electron chi connectivity index (χ0n) is 8.10. The van der Waals surface area contributed by atoms with Crippen LogP contribution < -0.4 is 0 Å². The summed E-state index contributed by atoms with van der Waals surface area (Å²) < 4.78 is 12.2. The number of hydrogen-bond donors (Lipinski definition) is 0. The highest BCUT2D eigenvalue weighted by Crippen LogP contribution is 2.13. The molecule has 0 aromatic heterocycles. The average molecular weight is 208 g/mol. The van der Waals surface area contributed by atoms with E-state index in [4.69, 9.17) is 0 Å². The molecule has 0 bridgehead atoms. The van der Waals surface area contributed by atoms with E-state index in [9.17, 15) is 4.39 Å². The van der Waals surface area contributed by atoms with Gasteiger partial charge in [-0.1, -0.05) is 13.8 Å². The van der Waals surface area contributed by atoms with Gasteiger partial charge in [0, 0.05) is 4.90 Å². The highest BCUT2D eigenvalue weighted by atomic mass is 32.2. The molecular formula is C9H17FO2S. The second-order valence-electron chi connectivity index (χ2n) is 1.66. The topological polar surface area (TPSA) is 63.0 Å². The molecule has 78 valence electrons. The summed E-state index contributed by atoms with van der Waals surface area (Å²) in [4.78, 5) is 1.09. The van der Waals surface area contributed by atoms with Crippen molar-refractivity contribution >= 4 is 11.8 Å². The van der Waals surface area contributed by atoms with E-state index >= 15 is 0 Å². The van der Waals surface area contributed by atoms with Crippen molar-refractivity contribution in [2.75, 3.05) is 6.26 Å². The normalized spacial score (nSPS) is 7.08. The molecule has 0 unspecified atom stereocenters. The van der Waals surface area contributed by atoms with E-state index in [1.54, 1.807) is 23.9 Å². The highest BCUT2D eigenvalue weighted by molar-refractivity contribution is 7.98. The van der Waals surface area contributed by atoms with E-state index < -0.39 is 0 Å². The lowest BCUT2D eigenvalue weighted by atomic mass is 10.4. The van der Waals surface area contributed by atoms with E-state index in [1.807, 2.05) is 20.1 Å². The van der Waals surface area contributed by atoms with Gasteiger partial charge in [0.2, 0.25) is 0 Å². The highest BCUT2D eigenvalue weighted by Gasteiger charge is 1.88. The minimum atomic E-state index is -0.173. The molecular weight excluding hydrogens is 191 g/mol. The van der Waals surface area contributed by atoms with Crippen LogP contribution in [0.2, 0.25) is 0 Å². The fourth-order valence-corrected chi connectivity index (χ4v) is 0.979. The van der Waals surface area contributed by atoms with Crippen LogP contribution in [0.25, 0.3) is 0 Å². The van der Waals surface area contributed by atoms with Gasteiger partial charge in [-0.15, -0.1) is 11.8 Å². The summed E-state index contributed by atoms with van der Waals surface area (Å²) >= 11 is 1.61. The Hall–Kier alpha value is -0.580. The molecule has 1 aromatic carbocycles. The number of hydrogen-bond acceptors (Lipinski definition) is 1. The Balaban J connectivity index is -0.000000234. The van der Waals surface area contributed by atoms with E-state index in [2.05, 4.69) is 0 Å². The summed E-state index contributed by atoms with van der Waals surface area (Å²) in [7, 11) is 0. The van der Waals surface area contributed by atoms with Crippen LogP contribution in [-0.2, 0) is 0 Å². The SMILES string of the molecule is CC.CSc1ccc(F)cc1.O.O. The molecule has 0 aliphatic carbocycles. The third kappa shape index (κ3) is 7.77. The van der Waals surface area contributed by atoms with E-state index in [-0.39, 0.29) is 16.8 Å². The lowest BCUT2D eigenvalue weighted by Gasteiger charge is -1.91. The zero-order chi connectivity index (χ0) is 8.69. The van der Waals surface area contributed by atoms with Gasteiger partial charge in [0.15, 0.2) is 0 Å². The van der Waals surface area contributed by atoms with Crippen molar-refractivity contribution in [3.05, 3.63) is 30.1 Å². The van der Waals surface area contributed by atoms with E-state index in [0.29, 0.717) is 0 Å². The smallest absolute Gasteiger partial charge is 0.123 e. The molecule has 0 radical (unpaired) electrons. The van der Waals surface area contributed by atoms with Gasteiger partial charge in [0.1, 0.15) is 5.82 Å². The molecule has 13 heavy (non-hydrogen) atoms. The summed E-state index contributed by atoms with van der Waals surface area (Å²) in [6.07, 6.45) is 1.97. The maximum absolute atomic E-state index is 12.2. The van der Waals surface area contributed by atoms with Gasteiger partial charge in [0.05, 0.1) is 0 Å². The van der Waals surface area contributed by atoms with Crippen LogP contribution in [0.15, 0.2) is 29.2 Å². The third-order valence-electron chi connectivity index (χ3n) is 1.05. The van der Waals surface area contributed by atoms with E-state index in [0.717, 1.165) is 4.90 Å². The predicted octanol–water partition coefficient (Wildman–Crippen LogP) is 1.92. The van der Waals surface area contributed by atoms with Gasteiger partial charge in [-0.3, -0.25) is 0 Å². The summed E-state index contributed by atoms with van der Waals surface area (Å²) in [6.45, 7) is 4.00. The van der Waals surface area contributed by atoms with Gasteiger partial charge in [-0.2, -0.15) is 0 Å². The lowest BCUT2D eigenvalue weighted by Crippen LogP contribution is -1.71. The van der Waals surface area contributed by atoms with Crippen LogP contribution in [0, 0.1) is 5.82 Å². The maximum Gasteiger partial charge on any atom is 0.123 e. The standard InChI is InChI=1S/C7H7FS.C2H6.2H2O/c1-9-7-4-2-6(8)3-5-7;1-2;;/h2-5H,1H3;1-2H3;2*1H2. The van der Waals surface area contributed by atoms with Crippen molar-refractivity contribution in [1.82, 2.24) is 0 Å². The van der Waals surface area contributed by atoms with Gasteiger partial charge in [-0.25, -0.2) is 4.39 Å². The molecule has 1 aromatic rings. The Bertz CT molecular complexity index is 189. The fraction of sp³-hybridized carbons (Fsp3) is 0.333. The fourth-order valence-electron chi connectivity index (χ4n) is 0.571. The predicted molar refractivity (Wildman–Crippen MR) is 56.8 cm³/mol. The maximum atomic E-state index is 12.2. The second kappa shape index (κ2) is 11.4. The Morgan fingerprint density at radius 2 is 1.38 bits per heavy atom. The molecule has 4 heteroatoms. The molecule has 2 nitrogen and oxygen atoms in total. The first-order valence-electron chi connectivity index (χ1n) is 3.62. The first-order valence-corrected chi connectivity index (χ1v) is 4.85. The van der Waals surface area contributed by atoms with Crippen LogP contribution >= 0.6 is 11.8 Å². The number of halogens is 1. The number of rotatable bonds is 1. The Kier molecular flexibility index (Phi) is 16.0. The largest absolute Gasteiger partial charge is 0.412 e. The molecule has 0 saturated heterocycles. The minimum absolute atomic E-state index is 0. The van der Waals surface area contributed by atoms with Gasteiger partial charge >= 0.3 is 0 Å². The molecule has 0 heterocycles. The Morgan fingerprint density at radius 3 is 1.69 bits per heavy atom. The molecule has 4 N–H and O–H groups in total. The number of benzene rings is 1. The summed E-state index contributed by atoms with van der Waals surface area (Å²) in [5, 5.41) is 0. The molecule has 0 aliphatic heterocycles. The van der Waals surface area contributed by atoms with Gasteiger partial charge in [-0.05, 0) is 30.5 Å². The van der Waals surface area contributed by atoms with Gasteiger partial charge in [0.25, 0.3) is 0 Å². The van der Waals surface area contributed by atoms with Crippen molar-refractivity contribution in [1.29, 1.82) is 0 Å². The van der Waals surface area contributed by atoms with Crippen LogP contribution in [0.3, 0.4) is 0 Å². The molecule has 0 amide bonds. The summed E-state index contributed by atoms with van der Waals surface area (Å²) in [5.74, 6) is -0.173. The number of thioether (sulfide) groups is 1. The quantitative estimate of drug-likeness (QED) is 0.650. The first kappa shape index (κ1) is 18.3. The first-order chi connectivity index (χ1) is 5.33. The van der Waals surface area contributed by atoms with Crippen molar-refractivity contribution in [2.45, 2.75) is 18.7 Å². The van der Waals surface area contributed by atoms with Crippen molar-refractivity contribution in [3.8, 4) is 0 Å². The monoisotopic (exact) mass is 208 g/mol.